The van der Waals surface area contributed by atoms with Gasteiger partial charge in [-0.1, -0.05) is 30.3 Å². The summed E-state index contributed by atoms with van der Waals surface area (Å²) in [5.41, 5.74) is 2.65. The molecule has 2 aromatic carbocycles. The smallest absolute Gasteiger partial charge is 0.246 e. The van der Waals surface area contributed by atoms with E-state index >= 15 is 0 Å². The van der Waals surface area contributed by atoms with Crippen LogP contribution in [0.3, 0.4) is 0 Å². The maximum Gasteiger partial charge on any atom is 0.246 e. The summed E-state index contributed by atoms with van der Waals surface area (Å²) in [6.07, 6.45) is 4.46. The molecule has 1 amide bonds. The Hall–Kier alpha value is -2.50. The van der Waals surface area contributed by atoms with Gasteiger partial charge in [0.05, 0.1) is 31.8 Å². The van der Waals surface area contributed by atoms with Crippen molar-refractivity contribution in [3.8, 4) is 5.75 Å². The molecule has 0 radical (unpaired) electrons. The van der Waals surface area contributed by atoms with Gasteiger partial charge in [-0.3, -0.25) is 9.69 Å². The van der Waals surface area contributed by atoms with Crippen molar-refractivity contribution in [1.82, 2.24) is 14.5 Å². The summed E-state index contributed by atoms with van der Waals surface area (Å²) < 4.78 is 44.0. The average molecular weight is 602 g/mol. The Kier molecular flexibility index (Phi) is 11.8. The topological polar surface area (TPSA) is 97.4 Å². The van der Waals surface area contributed by atoms with E-state index < -0.39 is 10.0 Å². The molecule has 1 saturated carbocycles. The molecule has 10 heteroatoms. The number of nitrogens with one attached hydrogen (secondary N) is 1. The number of rotatable bonds is 13. The minimum absolute atomic E-state index is 0.0864. The Balaban J connectivity index is 1.18. The normalized spacial score (nSPS) is 20.8. The van der Waals surface area contributed by atoms with Gasteiger partial charge < -0.3 is 19.5 Å². The number of nitrogens with zero attached hydrogens (tertiary/aromatic N) is 2. The molecule has 2 aromatic rings. The van der Waals surface area contributed by atoms with E-state index in [1.54, 1.807) is 33.1 Å². The number of carbonyl (C=O) groups excluding carboxylic acids is 1. The van der Waals surface area contributed by atoms with Crippen LogP contribution in [0.4, 0.5) is 0 Å². The van der Waals surface area contributed by atoms with Crippen LogP contribution in [-0.2, 0) is 24.3 Å². The lowest BCUT2D eigenvalue weighted by Gasteiger charge is -2.42. The fourth-order valence-corrected chi connectivity index (χ4v) is 7.93. The van der Waals surface area contributed by atoms with Gasteiger partial charge in [0.25, 0.3) is 0 Å². The fourth-order valence-electron chi connectivity index (χ4n) is 6.37. The lowest BCUT2D eigenvalue weighted by molar-refractivity contribution is -0.126. The molecule has 1 saturated heterocycles. The van der Waals surface area contributed by atoms with Crippen molar-refractivity contribution in [2.45, 2.75) is 50.5 Å². The molecule has 0 aromatic heterocycles. The fraction of sp³-hybridized carbons (Fsp3) is 0.594. The van der Waals surface area contributed by atoms with Crippen LogP contribution in [0.25, 0.3) is 0 Å². The van der Waals surface area contributed by atoms with E-state index in [9.17, 15) is 13.2 Å². The van der Waals surface area contributed by atoms with Gasteiger partial charge in [0.2, 0.25) is 15.9 Å². The van der Waals surface area contributed by atoms with E-state index in [0.717, 1.165) is 52.0 Å². The van der Waals surface area contributed by atoms with E-state index in [-0.39, 0.29) is 30.6 Å². The first-order chi connectivity index (χ1) is 20.2. The molecule has 1 aliphatic heterocycles. The first kappa shape index (κ1) is 32.4. The van der Waals surface area contributed by atoms with Crippen LogP contribution in [0.2, 0.25) is 0 Å². The molecular formula is C32H47N3O6S. The van der Waals surface area contributed by atoms with Crippen molar-refractivity contribution in [2.75, 3.05) is 66.8 Å². The molecule has 232 valence electrons. The zero-order valence-electron chi connectivity index (χ0n) is 25.5. The monoisotopic (exact) mass is 601 g/mol. The highest BCUT2D eigenvalue weighted by atomic mass is 32.2. The van der Waals surface area contributed by atoms with Gasteiger partial charge in [0.1, 0.15) is 12.4 Å². The number of aryl methyl sites for hydroxylation is 2. The molecule has 42 heavy (non-hydrogen) atoms. The Bertz CT molecular complexity index is 1240. The quantitative estimate of drug-likeness (QED) is 0.348. The number of benzene rings is 2. The highest BCUT2D eigenvalue weighted by Gasteiger charge is 2.33. The number of hydrogen-bond acceptors (Lipinski definition) is 7. The van der Waals surface area contributed by atoms with Crippen LogP contribution in [0.15, 0.2) is 47.4 Å². The maximum absolute atomic E-state index is 13.2. The molecular weight excluding hydrogens is 554 g/mol. The molecule has 2 fully saturated rings. The molecule has 4 rings (SSSR count). The molecule has 0 bridgehead atoms. The van der Waals surface area contributed by atoms with Gasteiger partial charge in [0.15, 0.2) is 0 Å². The van der Waals surface area contributed by atoms with Crippen molar-refractivity contribution in [3.63, 3.8) is 0 Å². The van der Waals surface area contributed by atoms with E-state index in [0.29, 0.717) is 41.3 Å². The van der Waals surface area contributed by atoms with Crippen molar-refractivity contribution < 1.29 is 27.4 Å². The standard InChI is InChI=1S/C32H47N3O6S/c1-24-20-29(39-4)21-25(2)32(24)42(37,38)34(3)14-17-41-23-30(36)33-22-26-10-12-28(13-11-26)31(27-8-6-5-7-9-27)35-15-18-40-19-16-35/h5-9,20-21,26,28,31H,10-19,22-23H2,1-4H3,(H,33,36). The molecule has 1 N–H and O–H groups in total. The van der Waals surface area contributed by atoms with Crippen LogP contribution in [-0.4, -0.2) is 90.3 Å². The number of carbonyl (C=O) groups is 1. The van der Waals surface area contributed by atoms with Crippen molar-refractivity contribution in [2.24, 2.45) is 11.8 Å². The van der Waals surface area contributed by atoms with Gasteiger partial charge >= 0.3 is 0 Å². The molecule has 0 spiro atoms. The SMILES string of the molecule is COc1cc(C)c(S(=O)(=O)N(C)CCOCC(=O)NCC2CCC(C(c3ccccc3)N3CCOCC3)CC2)c(C)c1. The number of hydrogen-bond donors (Lipinski definition) is 1. The van der Waals surface area contributed by atoms with Gasteiger partial charge in [-0.25, -0.2) is 8.42 Å². The van der Waals surface area contributed by atoms with Crippen molar-refractivity contribution >= 4 is 15.9 Å². The third-order valence-corrected chi connectivity index (χ3v) is 10.8. The third-order valence-electron chi connectivity index (χ3n) is 8.63. The maximum atomic E-state index is 13.2. The number of methoxy groups -OCH3 is 1. The second-order valence-corrected chi connectivity index (χ2v) is 13.5. The first-order valence-electron chi connectivity index (χ1n) is 15.0. The largest absolute Gasteiger partial charge is 0.497 e. The van der Waals surface area contributed by atoms with Crippen LogP contribution in [0.1, 0.15) is 48.4 Å². The summed E-state index contributed by atoms with van der Waals surface area (Å²) in [7, 11) is -0.614. The Morgan fingerprint density at radius 2 is 1.71 bits per heavy atom. The van der Waals surface area contributed by atoms with E-state index in [2.05, 4.69) is 40.5 Å². The lowest BCUT2D eigenvalue weighted by atomic mass is 9.76. The van der Waals surface area contributed by atoms with Crippen molar-refractivity contribution in [1.29, 1.82) is 0 Å². The minimum Gasteiger partial charge on any atom is -0.497 e. The van der Waals surface area contributed by atoms with Crippen LogP contribution in [0.5, 0.6) is 5.75 Å². The second kappa shape index (κ2) is 15.3. The van der Waals surface area contributed by atoms with Crippen LogP contribution in [0, 0.1) is 25.7 Å². The number of amides is 1. The van der Waals surface area contributed by atoms with Gasteiger partial charge in [0, 0.05) is 39.3 Å². The highest BCUT2D eigenvalue weighted by Crippen LogP contribution is 2.40. The highest BCUT2D eigenvalue weighted by molar-refractivity contribution is 7.89. The zero-order valence-corrected chi connectivity index (χ0v) is 26.3. The number of morpholine rings is 1. The summed E-state index contributed by atoms with van der Waals surface area (Å²) in [6, 6.07) is 14.7. The van der Waals surface area contributed by atoms with Gasteiger partial charge in [-0.2, -0.15) is 4.31 Å². The van der Waals surface area contributed by atoms with Gasteiger partial charge in [-0.05, 0) is 80.2 Å². The van der Waals surface area contributed by atoms with E-state index in [4.69, 9.17) is 14.2 Å². The molecule has 1 atom stereocenters. The molecule has 9 nitrogen and oxygen atoms in total. The summed E-state index contributed by atoms with van der Waals surface area (Å²) in [4.78, 5) is 15.3. The predicted octanol–water partition coefficient (Wildman–Crippen LogP) is 3.95. The predicted molar refractivity (Wildman–Crippen MR) is 163 cm³/mol. The summed E-state index contributed by atoms with van der Waals surface area (Å²) in [6.45, 7) is 7.88. The molecule has 1 heterocycles. The number of ether oxygens (including phenoxy) is 3. The Morgan fingerprint density at radius 1 is 1.07 bits per heavy atom. The molecule has 2 aliphatic rings. The zero-order chi connectivity index (χ0) is 30.1. The lowest BCUT2D eigenvalue weighted by Crippen LogP contribution is -2.43. The number of likely N-dealkylation sites (N-methyl/N-ethyl adjacent to an activating group) is 1. The average Bonchev–Trinajstić information content (AvgIpc) is 2.99. The second-order valence-electron chi connectivity index (χ2n) is 11.6. The summed E-state index contributed by atoms with van der Waals surface area (Å²) in [5.74, 6) is 1.51. The molecule has 1 unspecified atom stereocenters. The first-order valence-corrected chi connectivity index (χ1v) is 16.5. The minimum atomic E-state index is -3.70. The molecule has 1 aliphatic carbocycles. The van der Waals surface area contributed by atoms with Gasteiger partial charge in [-0.15, -0.1) is 0 Å². The number of sulfonamides is 1. The Labute approximate surface area is 251 Å². The summed E-state index contributed by atoms with van der Waals surface area (Å²) >= 11 is 0. The van der Waals surface area contributed by atoms with Crippen molar-refractivity contribution in [3.05, 3.63) is 59.2 Å². The summed E-state index contributed by atoms with van der Waals surface area (Å²) in [5, 5.41) is 3.03. The van der Waals surface area contributed by atoms with E-state index in [1.807, 2.05) is 0 Å². The van der Waals surface area contributed by atoms with Crippen LogP contribution < -0.4 is 10.1 Å². The third kappa shape index (κ3) is 8.32. The van der Waals surface area contributed by atoms with Crippen LogP contribution >= 0.6 is 0 Å². The van der Waals surface area contributed by atoms with E-state index in [1.165, 1.54) is 16.9 Å². The Morgan fingerprint density at radius 3 is 2.33 bits per heavy atom.